The maximum Gasteiger partial charge on any atom is 0.243 e. The zero-order valence-corrected chi connectivity index (χ0v) is 12.4. The summed E-state index contributed by atoms with van der Waals surface area (Å²) >= 11 is 0. The number of aliphatic hydroxyl groups is 1. The highest BCUT2D eigenvalue weighted by atomic mass is 32.2. The zero-order valence-electron chi connectivity index (χ0n) is 10.8. The van der Waals surface area contributed by atoms with E-state index in [4.69, 9.17) is 5.11 Å². The van der Waals surface area contributed by atoms with E-state index < -0.39 is 25.9 Å². The molecule has 1 atom stereocenters. The molecule has 10 heteroatoms. The molecule has 0 aliphatic carbocycles. The summed E-state index contributed by atoms with van der Waals surface area (Å²) in [6.45, 7) is 0.0583. The molecule has 1 aliphatic heterocycles. The van der Waals surface area contributed by atoms with Gasteiger partial charge in [-0.25, -0.2) is 21.6 Å². The normalized spacial score (nSPS) is 22.8. The predicted molar refractivity (Wildman–Crippen MR) is 71.3 cm³/mol. The second-order valence-electron chi connectivity index (χ2n) is 4.74. The van der Waals surface area contributed by atoms with Crippen LogP contribution in [0.3, 0.4) is 0 Å². The first-order chi connectivity index (χ1) is 9.32. The number of hydrogen-bond acceptors (Lipinski definition) is 6. The molecule has 0 aromatic carbocycles. The van der Waals surface area contributed by atoms with Gasteiger partial charge in [0.1, 0.15) is 4.90 Å². The molecule has 20 heavy (non-hydrogen) atoms. The second kappa shape index (κ2) is 5.80. The average Bonchev–Trinajstić information content (AvgIpc) is 2.77. The number of rotatable bonds is 5. The third-order valence-corrected chi connectivity index (χ3v) is 6.33. The lowest BCUT2D eigenvalue weighted by Crippen LogP contribution is -2.43. The third-order valence-electron chi connectivity index (χ3n) is 3.03. The molecule has 2 rings (SSSR count). The van der Waals surface area contributed by atoms with Gasteiger partial charge in [0.2, 0.25) is 10.0 Å². The van der Waals surface area contributed by atoms with Crippen LogP contribution in [0.1, 0.15) is 12.8 Å². The highest BCUT2D eigenvalue weighted by molar-refractivity contribution is 7.91. The Morgan fingerprint density at radius 2 is 2.25 bits per heavy atom. The standard InChI is InChI=1S/C10H17N3O5S2/c14-4-3-13-7-10(6-11-13)20(17,18)12-9-2-1-5-19(15,16)8-9/h6-7,9,12,14H,1-5,8H2. The first-order valence-corrected chi connectivity index (χ1v) is 9.49. The maximum atomic E-state index is 12.1. The fourth-order valence-corrected chi connectivity index (χ4v) is 5.08. The van der Waals surface area contributed by atoms with Crippen molar-refractivity contribution in [3.05, 3.63) is 12.4 Å². The van der Waals surface area contributed by atoms with Gasteiger partial charge in [0.05, 0.1) is 30.9 Å². The Kier molecular flexibility index (Phi) is 4.47. The van der Waals surface area contributed by atoms with Crippen molar-refractivity contribution in [2.24, 2.45) is 0 Å². The minimum atomic E-state index is -3.79. The van der Waals surface area contributed by atoms with E-state index in [2.05, 4.69) is 9.82 Å². The summed E-state index contributed by atoms with van der Waals surface area (Å²) in [4.78, 5) is -0.0334. The highest BCUT2D eigenvalue weighted by Gasteiger charge is 2.29. The van der Waals surface area contributed by atoms with Crippen LogP contribution < -0.4 is 4.72 Å². The molecule has 0 amide bonds. The minimum Gasteiger partial charge on any atom is -0.394 e. The third kappa shape index (κ3) is 3.78. The van der Waals surface area contributed by atoms with Crippen molar-refractivity contribution in [1.29, 1.82) is 0 Å². The molecule has 1 aliphatic rings. The summed E-state index contributed by atoms with van der Waals surface area (Å²) in [5.41, 5.74) is 0. The van der Waals surface area contributed by atoms with Crippen molar-refractivity contribution < 1.29 is 21.9 Å². The molecule has 114 valence electrons. The lowest BCUT2D eigenvalue weighted by Gasteiger charge is -2.22. The Bertz CT molecular complexity index is 665. The molecule has 1 fully saturated rings. The number of nitrogens with one attached hydrogen (secondary N) is 1. The summed E-state index contributed by atoms with van der Waals surface area (Å²) in [7, 11) is -6.96. The van der Waals surface area contributed by atoms with Gasteiger partial charge in [0.15, 0.2) is 9.84 Å². The second-order valence-corrected chi connectivity index (χ2v) is 8.68. The quantitative estimate of drug-likeness (QED) is 0.697. The Balaban J connectivity index is 2.10. The lowest BCUT2D eigenvalue weighted by atomic mass is 10.2. The van der Waals surface area contributed by atoms with Crippen molar-refractivity contribution in [1.82, 2.24) is 14.5 Å². The average molecular weight is 323 g/mol. The van der Waals surface area contributed by atoms with Gasteiger partial charge in [-0.1, -0.05) is 0 Å². The van der Waals surface area contributed by atoms with E-state index in [1.165, 1.54) is 17.1 Å². The summed E-state index contributed by atoms with van der Waals surface area (Å²) in [5, 5.41) is 12.6. The van der Waals surface area contributed by atoms with Crippen LogP contribution >= 0.6 is 0 Å². The van der Waals surface area contributed by atoms with E-state index in [9.17, 15) is 16.8 Å². The first kappa shape index (κ1) is 15.4. The van der Waals surface area contributed by atoms with E-state index in [-0.39, 0.29) is 29.6 Å². The van der Waals surface area contributed by atoms with E-state index in [1.807, 2.05) is 0 Å². The highest BCUT2D eigenvalue weighted by Crippen LogP contribution is 2.15. The monoisotopic (exact) mass is 323 g/mol. The van der Waals surface area contributed by atoms with E-state index in [0.29, 0.717) is 12.8 Å². The number of hydrogen-bond donors (Lipinski definition) is 2. The van der Waals surface area contributed by atoms with Crippen LogP contribution in [0.4, 0.5) is 0 Å². The fourth-order valence-electron chi connectivity index (χ4n) is 2.11. The number of aromatic nitrogens is 2. The van der Waals surface area contributed by atoms with E-state index in [1.54, 1.807) is 0 Å². The van der Waals surface area contributed by atoms with Crippen LogP contribution in [0.15, 0.2) is 17.3 Å². The Morgan fingerprint density at radius 1 is 1.50 bits per heavy atom. The molecule has 2 heterocycles. The van der Waals surface area contributed by atoms with Crippen molar-refractivity contribution in [2.45, 2.75) is 30.3 Å². The van der Waals surface area contributed by atoms with Crippen molar-refractivity contribution >= 4 is 19.9 Å². The van der Waals surface area contributed by atoms with Crippen LogP contribution in [0.2, 0.25) is 0 Å². The molecule has 0 spiro atoms. The molecule has 1 aromatic heterocycles. The van der Waals surface area contributed by atoms with Crippen molar-refractivity contribution in [3.8, 4) is 0 Å². The van der Waals surface area contributed by atoms with Gasteiger partial charge >= 0.3 is 0 Å². The van der Waals surface area contributed by atoms with Crippen LogP contribution in [0, 0.1) is 0 Å². The summed E-state index contributed by atoms with van der Waals surface area (Å²) in [5.74, 6) is -0.0589. The van der Waals surface area contributed by atoms with Gasteiger partial charge < -0.3 is 5.11 Å². The summed E-state index contributed by atoms with van der Waals surface area (Å²) < 4.78 is 50.9. The lowest BCUT2D eigenvalue weighted by molar-refractivity contribution is 0.269. The minimum absolute atomic E-state index is 0.0334. The molecule has 8 nitrogen and oxygen atoms in total. The SMILES string of the molecule is O=S1(=O)CCCC(NS(=O)(=O)c2cnn(CCO)c2)C1. The smallest absolute Gasteiger partial charge is 0.243 e. The van der Waals surface area contributed by atoms with Gasteiger partial charge in [-0.05, 0) is 12.8 Å². The molecule has 1 unspecified atom stereocenters. The van der Waals surface area contributed by atoms with Gasteiger partial charge in [-0.3, -0.25) is 4.68 Å². The van der Waals surface area contributed by atoms with Crippen LogP contribution in [0.25, 0.3) is 0 Å². The topological polar surface area (TPSA) is 118 Å². The number of sulfonamides is 1. The predicted octanol–water partition coefficient (Wildman–Crippen LogP) is -1.27. The summed E-state index contributed by atoms with van der Waals surface area (Å²) in [6.07, 6.45) is 3.44. The van der Waals surface area contributed by atoms with Gasteiger partial charge in [0, 0.05) is 12.2 Å². The molecule has 0 saturated carbocycles. The first-order valence-electron chi connectivity index (χ1n) is 6.18. The van der Waals surface area contributed by atoms with Gasteiger partial charge in [-0.2, -0.15) is 5.10 Å². The molecular formula is C10H17N3O5S2. The Labute approximate surface area is 117 Å². The number of nitrogens with zero attached hydrogens (tertiary/aromatic N) is 2. The molecule has 0 bridgehead atoms. The number of sulfone groups is 1. The van der Waals surface area contributed by atoms with Crippen LogP contribution in [-0.2, 0) is 26.4 Å². The number of aliphatic hydroxyl groups excluding tert-OH is 1. The van der Waals surface area contributed by atoms with Gasteiger partial charge in [0.25, 0.3) is 0 Å². The maximum absolute atomic E-state index is 12.1. The largest absolute Gasteiger partial charge is 0.394 e. The Hall–Kier alpha value is -0.970. The molecule has 0 radical (unpaired) electrons. The van der Waals surface area contributed by atoms with E-state index in [0.717, 1.165) is 0 Å². The molecular weight excluding hydrogens is 306 g/mol. The van der Waals surface area contributed by atoms with Crippen LogP contribution in [-0.4, -0.2) is 55.9 Å². The van der Waals surface area contributed by atoms with Crippen molar-refractivity contribution in [3.63, 3.8) is 0 Å². The van der Waals surface area contributed by atoms with E-state index >= 15 is 0 Å². The van der Waals surface area contributed by atoms with Gasteiger partial charge in [-0.15, -0.1) is 0 Å². The Morgan fingerprint density at radius 3 is 2.90 bits per heavy atom. The summed E-state index contributed by atoms with van der Waals surface area (Å²) in [6, 6.07) is -0.597. The molecule has 1 saturated heterocycles. The van der Waals surface area contributed by atoms with Crippen molar-refractivity contribution in [2.75, 3.05) is 18.1 Å². The fraction of sp³-hybridized carbons (Fsp3) is 0.700. The molecule has 2 N–H and O–H groups in total. The molecule has 1 aromatic rings. The van der Waals surface area contributed by atoms with Crippen LogP contribution in [0.5, 0.6) is 0 Å². The zero-order chi connectivity index (χ0) is 14.8.